The fourth-order valence-electron chi connectivity index (χ4n) is 7.03. The second-order valence-electron chi connectivity index (χ2n) is 13.3. The van der Waals surface area contributed by atoms with Crippen molar-refractivity contribution in [3.63, 3.8) is 0 Å². The number of piperidine rings is 2. The van der Waals surface area contributed by atoms with E-state index in [1.165, 1.54) is 22.4 Å². The smallest absolute Gasteiger partial charge is 0.255 e. The quantitative estimate of drug-likeness (QED) is 0.374. The number of anilines is 1. The van der Waals surface area contributed by atoms with Crippen LogP contribution in [0.3, 0.4) is 0 Å². The van der Waals surface area contributed by atoms with Gasteiger partial charge in [-0.15, -0.1) is 0 Å². The normalized spacial score (nSPS) is 21.2. The van der Waals surface area contributed by atoms with Crippen LogP contribution in [0.25, 0.3) is 0 Å². The highest BCUT2D eigenvalue weighted by Crippen LogP contribution is 2.34. The molecule has 3 fully saturated rings. The average molecular weight is 608 g/mol. The van der Waals surface area contributed by atoms with E-state index in [9.17, 15) is 14.4 Å². The van der Waals surface area contributed by atoms with Gasteiger partial charge in [-0.25, -0.2) is 4.98 Å². The Balaban J connectivity index is 0.873. The highest BCUT2D eigenvalue weighted by Gasteiger charge is 2.39. The molecular formula is C36H41N5O4. The zero-order valence-electron chi connectivity index (χ0n) is 26.1. The number of ether oxygens (including phenoxy) is 1. The molecule has 1 atom stereocenters. The Morgan fingerprint density at radius 1 is 0.956 bits per heavy atom. The van der Waals surface area contributed by atoms with E-state index < -0.39 is 6.04 Å². The molecule has 45 heavy (non-hydrogen) atoms. The number of fused-ring (bicyclic) bond motifs is 1. The van der Waals surface area contributed by atoms with Gasteiger partial charge in [0.2, 0.25) is 17.7 Å². The predicted molar refractivity (Wildman–Crippen MR) is 171 cm³/mol. The van der Waals surface area contributed by atoms with E-state index in [1.807, 2.05) is 18.3 Å². The topological polar surface area (TPSA) is 95.1 Å². The average Bonchev–Trinajstić information content (AvgIpc) is 3.34. The van der Waals surface area contributed by atoms with Gasteiger partial charge in [0.25, 0.3) is 5.91 Å². The van der Waals surface area contributed by atoms with Crippen LogP contribution in [0.4, 0.5) is 5.69 Å². The molecule has 3 amide bonds. The van der Waals surface area contributed by atoms with Gasteiger partial charge in [-0.05, 0) is 52.8 Å². The van der Waals surface area contributed by atoms with E-state index in [0.717, 1.165) is 57.0 Å². The molecule has 234 valence electrons. The first kappa shape index (κ1) is 29.5. The van der Waals surface area contributed by atoms with Crippen molar-refractivity contribution in [3.8, 4) is 5.88 Å². The fraction of sp³-hybridized carbons (Fsp3) is 0.444. The maximum atomic E-state index is 13.0. The van der Waals surface area contributed by atoms with Crippen molar-refractivity contribution in [3.05, 3.63) is 88.6 Å². The van der Waals surface area contributed by atoms with Crippen LogP contribution < -0.4 is 15.0 Å². The molecule has 4 aliphatic heterocycles. The zero-order chi connectivity index (χ0) is 31.1. The second kappa shape index (κ2) is 12.3. The van der Waals surface area contributed by atoms with Crippen molar-refractivity contribution in [2.24, 2.45) is 0 Å². The number of carbonyl (C=O) groups is 3. The van der Waals surface area contributed by atoms with Crippen LogP contribution in [0.15, 0.2) is 60.8 Å². The molecule has 3 saturated heterocycles. The van der Waals surface area contributed by atoms with E-state index in [1.54, 1.807) is 4.90 Å². The Morgan fingerprint density at radius 3 is 2.42 bits per heavy atom. The number of likely N-dealkylation sites (tertiary alicyclic amines) is 1. The highest BCUT2D eigenvalue weighted by atomic mass is 16.5. The number of hydrogen-bond acceptors (Lipinski definition) is 7. The van der Waals surface area contributed by atoms with Crippen LogP contribution >= 0.6 is 0 Å². The number of nitrogens with one attached hydrogen (secondary N) is 1. The van der Waals surface area contributed by atoms with Gasteiger partial charge in [0, 0.05) is 88.0 Å². The third-order valence-corrected chi connectivity index (χ3v) is 9.84. The molecule has 4 aliphatic rings. The Hall–Kier alpha value is -4.24. The van der Waals surface area contributed by atoms with Crippen LogP contribution in [0.1, 0.15) is 84.0 Å². The van der Waals surface area contributed by atoms with E-state index in [4.69, 9.17) is 4.74 Å². The first-order chi connectivity index (χ1) is 21.8. The minimum Gasteiger partial charge on any atom is -0.474 e. The Bertz CT molecular complexity index is 1570. The van der Waals surface area contributed by atoms with Crippen LogP contribution in [0.2, 0.25) is 0 Å². The molecule has 5 heterocycles. The molecule has 7 rings (SSSR count). The third kappa shape index (κ3) is 6.18. The standard InChI is InChI=1S/C36H41N5O4/c1-23(2)26-6-12-34(37-18-26)45-30-13-15-40(16-14-30)29-7-3-24(4-8-29)19-39-20-28(21-39)25-5-9-31-27(17-25)22-41(36(31)44)32-10-11-33(42)38-35(32)43/h3-9,12,17-18,23,28,30,32H,10-11,13-16,19-22H2,1-2H3,(H,38,42,43). The number of rotatable bonds is 8. The Labute approximate surface area is 264 Å². The predicted octanol–water partition coefficient (Wildman–Crippen LogP) is 4.61. The summed E-state index contributed by atoms with van der Waals surface area (Å²) >= 11 is 0. The Morgan fingerprint density at radius 2 is 1.73 bits per heavy atom. The fourth-order valence-corrected chi connectivity index (χ4v) is 7.03. The lowest BCUT2D eigenvalue weighted by molar-refractivity contribution is -0.136. The van der Waals surface area contributed by atoms with Crippen molar-refractivity contribution < 1.29 is 19.1 Å². The zero-order valence-corrected chi connectivity index (χ0v) is 26.1. The van der Waals surface area contributed by atoms with Gasteiger partial charge in [0.15, 0.2) is 0 Å². The lowest BCUT2D eigenvalue weighted by atomic mass is 9.89. The van der Waals surface area contributed by atoms with Crippen molar-refractivity contribution in [1.29, 1.82) is 0 Å². The van der Waals surface area contributed by atoms with E-state index in [2.05, 4.69) is 76.4 Å². The van der Waals surface area contributed by atoms with Crippen LogP contribution in [-0.2, 0) is 22.7 Å². The molecule has 0 bridgehead atoms. The molecule has 0 radical (unpaired) electrons. The molecule has 3 aromatic rings. The van der Waals surface area contributed by atoms with Gasteiger partial charge in [-0.3, -0.25) is 24.6 Å². The summed E-state index contributed by atoms with van der Waals surface area (Å²) in [4.78, 5) is 47.9. The van der Waals surface area contributed by atoms with Gasteiger partial charge in [0.1, 0.15) is 12.1 Å². The molecule has 1 aromatic heterocycles. The van der Waals surface area contributed by atoms with E-state index in [-0.39, 0.29) is 30.2 Å². The second-order valence-corrected chi connectivity index (χ2v) is 13.3. The van der Waals surface area contributed by atoms with Gasteiger partial charge in [-0.1, -0.05) is 44.2 Å². The molecule has 0 saturated carbocycles. The summed E-state index contributed by atoms with van der Waals surface area (Å²) < 4.78 is 6.17. The minimum absolute atomic E-state index is 0.118. The first-order valence-electron chi connectivity index (χ1n) is 16.3. The van der Waals surface area contributed by atoms with Gasteiger partial charge < -0.3 is 14.5 Å². The van der Waals surface area contributed by atoms with Crippen LogP contribution in [-0.4, -0.2) is 70.8 Å². The molecule has 0 aliphatic carbocycles. The number of benzene rings is 2. The van der Waals surface area contributed by atoms with Gasteiger partial charge >= 0.3 is 0 Å². The number of pyridine rings is 1. The van der Waals surface area contributed by atoms with Crippen molar-refractivity contribution >= 4 is 23.4 Å². The lowest BCUT2D eigenvalue weighted by Crippen LogP contribution is -2.52. The van der Waals surface area contributed by atoms with Crippen molar-refractivity contribution in [2.45, 2.75) is 76.6 Å². The summed E-state index contributed by atoms with van der Waals surface area (Å²) in [5.74, 6) is 0.867. The molecule has 0 spiro atoms. The van der Waals surface area contributed by atoms with Crippen LogP contribution in [0.5, 0.6) is 5.88 Å². The summed E-state index contributed by atoms with van der Waals surface area (Å²) in [5.41, 5.74) is 6.69. The molecule has 1 N–H and O–H groups in total. The summed E-state index contributed by atoms with van der Waals surface area (Å²) in [5, 5.41) is 2.37. The van der Waals surface area contributed by atoms with Crippen molar-refractivity contribution in [2.75, 3.05) is 31.1 Å². The minimum atomic E-state index is -0.576. The maximum absolute atomic E-state index is 13.0. The number of hydrogen-bond donors (Lipinski definition) is 1. The number of imide groups is 1. The van der Waals surface area contributed by atoms with Crippen molar-refractivity contribution in [1.82, 2.24) is 20.1 Å². The SMILES string of the molecule is CC(C)c1ccc(OC2CCN(c3ccc(CN4CC(c5ccc6c(c5)CN(C5CCC(=O)NC5=O)C6=O)C4)cc3)CC2)nc1. The van der Waals surface area contributed by atoms with E-state index >= 15 is 0 Å². The largest absolute Gasteiger partial charge is 0.474 e. The number of amides is 3. The van der Waals surface area contributed by atoms with Gasteiger partial charge in [0.05, 0.1) is 0 Å². The molecule has 2 aromatic carbocycles. The first-order valence-corrected chi connectivity index (χ1v) is 16.3. The third-order valence-electron chi connectivity index (χ3n) is 9.84. The molecule has 9 heteroatoms. The lowest BCUT2D eigenvalue weighted by Gasteiger charge is -2.40. The molecule has 1 unspecified atom stereocenters. The van der Waals surface area contributed by atoms with E-state index in [0.29, 0.717) is 30.4 Å². The molecular weight excluding hydrogens is 566 g/mol. The summed E-state index contributed by atoms with van der Waals surface area (Å²) in [6, 6.07) is 18.6. The highest BCUT2D eigenvalue weighted by molar-refractivity contribution is 6.05. The number of nitrogens with zero attached hydrogens (tertiary/aromatic N) is 4. The number of carbonyl (C=O) groups excluding carboxylic acids is 3. The summed E-state index contributed by atoms with van der Waals surface area (Å²) in [6.45, 7) is 9.59. The summed E-state index contributed by atoms with van der Waals surface area (Å²) in [6.07, 6.45) is 4.74. The molecule has 9 nitrogen and oxygen atoms in total. The van der Waals surface area contributed by atoms with Crippen LogP contribution in [0, 0.1) is 0 Å². The Kier molecular flexibility index (Phi) is 8.04. The summed E-state index contributed by atoms with van der Waals surface area (Å²) in [7, 11) is 0. The van der Waals surface area contributed by atoms with Gasteiger partial charge in [-0.2, -0.15) is 0 Å². The number of aromatic nitrogens is 1. The monoisotopic (exact) mass is 607 g/mol. The maximum Gasteiger partial charge on any atom is 0.255 e.